The smallest absolute Gasteiger partial charge is 0.0642 e. The molecule has 20 heavy (non-hydrogen) atoms. The number of nitrogens with one attached hydrogen (secondary N) is 1. The van der Waals surface area contributed by atoms with Gasteiger partial charge in [0.1, 0.15) is 0 Å². The molecule has 0 amide bonds. The van der Waals surface area contributed by atoms with Crippen LogP contribution in [0.25, 0.3) is 0 Å². The average molecular weight is 269 g/mol. The van der Waals surface area contributed by atoms with Gasteiger partial charge >= 0.3 is 0 Å². The lowest BCUT2D eigenvalue weighted by atomic mass is 10.2. The van der Waals surface area contributed by atoms with Crippen LogP contribution in [0.3, 0.4) is 0 Å². The molecule has 1 N–H and O–H groups in total. The van der Waals surface area contributed by atoms with Crippen LogP contribution in [0.2, 0.25) is 0 Å². The Morgan fingerprint density at radius 1 is 1.15 bits per heavy atom. The summed E-state index contributed by atoms with van der Waals surface area (Å²) < 4.78 is 5.42. The van der Waals surface area contributed by atoms with Crippen LogP contribution >= 0.6 is 0 Å². The highest BCUT2D eigenvalue weighted by Gasteiger charge is 2.14. The molecule has 1 aromatic carbocycles. The molecule has 2 aromatic rings. The summed E-state index contributed by atoms with van der Waals surface area (Å²) >= 11 is 0. The minimum Gasteiger partial charge on any atom is -0.378 e. The van der Waals surface area contributed by atoms with Gasteiger partial charge in [0.25, 0.3) is 0 Å². The maximum absolute atomic E-state index is 5.42. The molecule has 0 atom stereocenters. The molecule has 4 heteroatoms. The summed E-state index contributed by atoms with van der Waals surface area (Å²) in [7, 11) is 0. The van der Waals surface area contributed by atoms with Crippen LogP contribution < -0.4 is 10.2 Å². The molecule has 1 aliphatic rings. The fourth-order valence-electron chi connectivity index (χ4n) is 2.44. The third kappa shape index (κ3) is 2.91. The number of para-hydroxylation sites is 2. The van der Waals surface area contributed by atoms with Gasteiger partial charge in [0.15, 0.2) is 0 Å². The summed E-state index contributed by atoms with van der Waals surface area (Å²) in [6.45, 7) is 5.50. The van der Waals surface area contributed by atoms with E-state index in [1.807, 2.05) is 19.3 Å². The van der Waals surface area contributed by atoms with Crippen LogP contribution in [0, 0.1) is 6.92 Å². The molecular formula is C16H19N3O. The lowest BCUT2D eigenvalue weighted by Crippen LogP contribution is -2.36. The van der Waals surface area contributed by atoms with Gasteiger partial charge in [-0.25, -0.2) is 0 Å². The monoisotopic (exact) mass is 269 g/mol. The molecule has 1 fully saturated rings. The number of hydrogen-bond donors (Lipinski definition) is 1. The summed E-state index contributed by atoms with van der Waals surface area (Å²) in [5, 5.41) is 3.47. The molecule has 0 bridgehead atoms. The van der Waals surface area contributed by atoms with Gasteiger partial charge in [0.05, 0.1) is 36.5 Å². The number of nitrogens with zero attached hydrogens (tertiary/aromatic N) is 2. The van der Waals surface area contributed by atoms with E-state index in [0.717, 1.165) is 43.2 Å². The number of aromatic nitrogens is 1. The van der Waals surface area contributed by atoms with E-state index >= 15 is 0 Å². The second-order valence-electron chi connectivity index (χ2n) is 4.99. The largest absolute Gasteiger partial charge is 0.378 e. The van der Waals surface area contributed by atoms with Crippen LogP contribution in [-0.2, 0) is 4.74 Å². The predicted octanol–water partition coefficient (Wildman–Crippen LogP) is 2.97. The van der Waals surface area contributed by atoms with Gasteiger partial charge in [0.2, 0.25) is 0 Å². The number of ether oxygens (including phenoxy) is 1. The minimum atomic E-state index is 0.792. The average Bonchev–Trinajstić information content (AvgIpc) is 2.49. The van der Waals surface area contributed by atoms with E-state index in [4.69, 9.17) is 4.74 Å². The molecule has 0 spiro atoms. The SMILES string of the molecule is Cc1cncc(Nc2ccccc2N2CCOCC2)c1. The Kier molecular flexibility index (Phi) is 3.83. The van der Waals surface area contributed by atoms with Crippen LogP contribution in [0.4, 0.5) is 17.1 Å². The molecule has 3 rings (SSSR count). The number of hydrogen-bond acceptors (Lipinski definition) is 4. The Balaban J connectivity index is 1.85. The number of rotatable bonds is 3. The fourth-order valence-corrected chi connectivity index (χ4v) is 2.44. The van der Waals surface area contributed by atoms with Gasteiger partial charge in [-0.1, -0.05) is 12.1 Å². The van der Waals surface area contributed by atoms with Crippen LogP contribution in [-0.4, -0.2) is 31.3 Å². The standard InChI is InChI=1S/C16H19N3O/c1-13-10-14(12-17-11-13)18-15-4-2-3-5-16(15)19-6-8-20-9-7-19/h2-5,10-12,18H,6-9H2,1H3. The zero-order chi connectivity index (χ0) is 13.8. The van der Waals surface area contributed by atoms with Gasteiger partial charge in [0, 0.05) is 19.3 Å². The van der Waals surface area contributed by atoms with E-state index in [2.05, 4.69) is 45.5 Å². The second kappa shape index (κ2) is 5.92. The van der Waals surface area contributed by atoms with Crippen LogP contribution in [0.1, 0.15) is 5.56 Å². The minimum absolute atomic E-state index is 0.792. The zero-order valence-electron chi connectivity index (χ0n) is 11.7. The van der Waals surface area contributed by atoms with Crippen molar-refractivity contribution in [3.05, 3.63) is 48.3 Å². The highest BCUT2D eigenvalue weighted by molar-refractivity contribution is 5.75. The Bertz CT molecular complexity index is 579. The van der Waals surface area contributed by atoms with Gasteiger partial charge in [-0.3, -0.25) is 4.98 Å². The maximum atomic E-state index is 5.42. The molecule has 1 aliphatic heterocycles. The third-order valence-electron chi connectivity index (χ3n) is 3.41. The molecule has 0 unspecified atom stereocenters. The molecule has 0 aliphatic carbocycles. The number of pyridine rings is 1. The Morgan fingerprint density at radius 2 is 1.95 bits per heavy atom. The summed E-state index contributed by atoms with van der Waals surface area (Å²) in [6, 6.07) is 10.5. The predicted molar refractivity (Wildman–Crippen MR) is 81.7 cm³/mol. The highest BCUT2D eigenvalue weighted by atomic mass is 16.5. The van der Waals surface area contributed by atoms with E-state index in [-0.39, 0.29) is 0 Å². The molecule has 104 valence electrons. The summed E-state index contributed by atoms with van der Waals surface area (Å²) in [5.41, 5.74) is 4.50. The van der Waals surface area contributed by atoms with Crippen LogP contribution in [0.5, 0.6) is 0 Å². The molecule has 1 aromatic heterocycles. The lowest BCUT2D eigenvalue weighted by molar-refractivity contribution is 0.123. The zero-order valence-corrected chi connectivity index (χ0v) is 11.7. The number of aryl methyl sites for hydroxylation is 1. The molecule has 0 radical (unpaired) electrons. The first kappa shape index (κ1) is 12.9. The highest BCUT2D eigenvalue weighted by Crippen LogP contribution is 2.29. The summed E-state index contributed by atoms with van der Waals surface area (Å²) in [4.78, 5) is 6.58. The summed E-state index contributed by atoms with van der Waals surface area (Å²) in [6.07, 6.45) is 3.71. The van der Waals surface area contributed by atoms with E-state index in [0.29, 0.717) is 0 Å². The van der Waals surface area contributed by atoms with Crippen molar-refractivity contribution in [1.29, 1.82) is 0 Å². The van der Waals surface area contributed by atoms with Crippen molar-refractivity contribution >= 4 is 17.1 Å². The topological polar surface area (TPSA) is 37.4 Å². The Hall–Kier alpha value is -2.07. The van der Waals surface area contributed by atoms with Gasteiger partial charge < -0.3 is 15.0 Å². The van der Waals surface area contributed by atoms with Gasteiger partial charge in [-0.15, -0.1) is 0 Å². The second-order valence-corrected chi connectivity index (χ2v) is 4.99. The van der Waals surface area contributed by atoms with Gasteiger partial charge in [-0.05, 0) is 30.7 Å². The normalized spacial score (nSPS) is 15.2. The lowest BCUT2D eigenvalue weighted by Gasteiger charge is -2.30. The molecular weight excluding hydrogens is 250 g/mol. The van der Waals surface area contributed by atoms with Crippen molar-refractivity contribution in [2.45, 2.75) is 6.92 Å². The molecule has 1 saturated heterocycles. The molecule has 0 saturated carbocycles. The van der Waals surface area contributed by atoms with E-state index in [9.17, 15) is 0 Å². The number of benzene rings is 1. The fraction of sp³-hybridized carbons (Fsp3) is 0.312. The van der Waals surface area contributed by atoms with E-state index < -0.39 is 0 Å². The van der Waals surface area contributed by atoms with Crippen molar-refractivity contribution in [3.63, 3.8) is 0 Å². The Morgan fingerprint density at radius 3 is 2.75 bits per heavy atom. The summed E-state index contributed by atoms with van der Waals surface area (Å²) in [5.74, 6) is 0. The first-order valence-corrected chi connectivity index (χ1v) is 6.93. The quantitative estimate of drug-likeness (QED) is 0.929. The molecule has 2 heterocycles. The third-order valence-corrected chi connectivity index (χ3v) is 3.41. The molecule has 4 nitrogen and oxygen atoms in total. The number of anilines is 3. The van der Waals surface area contributed by atoms with Crippen molar-refractivity contribution in [2.75, 3.05) is 36.5 Å². The van der Waals surface area contributed by atoms with E-state index in [1.165, 1.54) is 5.69 Å². The van der Waals surface area contributed by atoms with Crippen LogP contribution in [0.15, 0.2) is 42.7 Å². The first-order chi connectivity index (χ1) is 9.83. The van der Waals surface area contributed by atoms with Gasteiger partial charge in [-0.2, -0.15) is 0 Å². The van der Waals surface area contributed by atoms with Crippen molar-refractivity contribution in [2.24, 2.45) is 0 Å². The maximum Gasteiger partial charge on any atom is 0.0642 e. The van der Waals surface area contributed by atoms with Crippen molar-refractivity contribution in [1.82, 2.24) is 4.98 Å². The van der Waals surface area contributed by atoms with Crippen molar-refractivity contribution < 1.29 is 4.74 Å². The first-order valence-electron chi connectivity index (χ1n) is 6.93. The number of morpholine rings is 1. The van der Waals surface area contributed by atoms with E-state index in [1.54, 1.807) is 0 Å². The Labute approximate surface area is 119 Å². The van der Waals surface area contributed by atoms with Crippen molar-refractivity contribution in [3.8, 4) is 0 Å².